The van der Waals surface area contributed by atoms with Gasteiger partial charge in [0, 0.05) is 32.3 Å². The number of carbonyl (C=O) groups is 2. The molecule has 0 fully saturated rings. The number of hydrazone groups is 2. The minimum absolute atomic E-state index is 0.238. The zero-order valence-electron chi connectivity index (χ0n) is 16.2. The second-order valence-corrected chi connectivity index (χ2v) is 8.00. The molecule has 0 radical (unpaired) electrons. The van der Waals surface area contributed by atoms with Crippen molar-refractivity contribution in [2.45, 2.75) is 0 Å². The van der Waals surface area contributed by atoms with E-state index in [0.717, 1.165) is 0 Å². The van der Waals surface area contributed by atoms with E-state index >= 15 is 0 Å². The molecule has 0 aliphatic rings. The monoisotopic (exact) mass is 506 g/mol. The Balaban J connectivity index is 1.62. The van der Waals surface area contributed by atoms with E-state index in [4.69, 9.17) is 46.4 Å². The number of halogens is 4. The molecule has 10 heteroatoms. The number of hydrogen-bond acceptors (Lipinski definition) is 4. The highest BCUT2D eigenvalue weighted by Crippen LogP contribution is 2.20. The van der Waals surface area contributed by atoms with Crippen molar-refractivity contribution in [3.63, 3.8) is 0 Å². The van der Waals surface area contributed by atoms with Crippen LogP contribution in [0.3, 0.4) is 0 Å². The molecular weight excluding hydrogens is 494 g/mol. The Morgan fingerprint density at radius 1 is 0.656 bits per heavy atom. The van der Waals surface area contributed by atoms with Crippen molar-refractivity contribution in [3.8, 4) is 0 Å². The summed E-state index contributed by atoms with van der Waals surface area (Å²) < 4.78 is 0. The van der Waals surface area contributed by atoms with E-state index in [9.17, 15) is 9.59 Å². The summed E-state index contributed by atoms with van der Waals surface area (Å²) in [5.74, 6) is -1.00. The largest absolute Gasteiger partial charge is 0.271 e. The van der Waals surface area contributed by atoms with Gasteiger partial charge in [0.05, 0.1) is 22.5 Å². The van der Waals surface area contributed by atoms with Gasteiger partial charge in [0.1, 0.15) is 0 Å². The first-order valence-electron chi connectivity index (χ1n) is 9.00. The average Bonchev–Trinajstić information content (AvgIpc) is 2.76. The topological polar surface area (TPSA) is 82.9 Å². The first-order chi connectivity index (χ1) is 15.3. The van der Waals surface area contributed by atoms with E-state index < -0.39 is 11.8 Å². The van der Waals surface area contributed by atoms with Gasteiger partial charge in [-0.1, -0.05) is 64.6 Å². The molecule has 0 unspecified atom stereocenters. The summed E-state index contributed by atoms with van der Waals surface area (Å²) in [6.07, 6.45) is 2.79. The molecule has 2 amide bonds. The van der Waals surface area contributed by atoms with Gasteiger partial charge in [0.25, 0.3) is 11.8 Å². The Kier molecular flexibility index (Phi) is 8.25. The van der Waals surface area contributed by atoms with Crippen LogP contribution in [0.1, 0.15) is 31.8 Å². The molecule has 0 atom stereocenters. The van der Waals surface area contributed by atoms with Gasteiger partial charge in [-0.25, -0.2) is 10.9 Å². The van der Waals surface area contributed by atoms with Crippen LogP contribution in [-0.4, -0.2) is 24.2 Å². The third-order valence-corrected chi connectivity index (χ3v) is 5.18. The van der Waals surface area contributed by atoms with Gasteiger partial charge in [-0.15, -0.1) is 0 Å². The lowest BCUT2D eigenvalue weighted by Gasteiger charge is -2.04. The van der Waals surface area contributed by atoms with Gasteiger partial charge in [0.15, 0.2) is 0 Å². The van der Waals surface area contributed by atoms with Crippen molar-refractivity contribution in [2.24, 2.45) is 10.2 Å². The van der Waals surface area contributed by atoms with E-state index in [2.05, 4.69) is 21.1 Å². The van der Waals surface area contributed by atoms with Crippen LogP contribution in [0, 0.1) is 0 Å². The predicted molar refractivity (Wildman–Crippen MR) is 129 cm³/mol. The first-order valence-corrected chi connectivity index (χ1v) is 10.5. The van der Waals surface area contributed by atoms with E-state index in [-0.39, 0.29) is 11.1 Å². The highest BCUT2D eigenvalue weighted by Gasteiger charge is 2.10. The fourth-order valence-electron chi connectivity index (χ4n) is 2.46. The fourth-order valence-corrected chi connectivity index (χ4v) is 3.38. The zero-order valence-corrected chi connectivity index (χ0v) is 19.2. The van der Waals surface area contributed by atoms with Gasteiger partial charge in [-0.2, -0.15) is 10.2 Å². The Labute approximate surface area is 203 Å². The standard InChI is InChI=1S/C22H14Cl4N4O2/c23-17-6-4-15(19(25)9-17)11-27-29-21(31)13-2-1-3-14(8-13)22(32)30-28-12-16-5-7-18(24)10-20(16)26/h1-12H,(H,29,31)(H,30,32)/b27-11+,28-12+. The molecule has 0 saturated heterocycles. The normalized spacial score (nSPS) is 11.1. The number of rotatable bonds is 6. The molecule has 0 spiro atoms. The van der Waals surface area contributed by atoms with Crippen LogP contribution < -0.4 is 10.9 Å². The number of nitrogens with zero attached hydrogens (tertiary/aromatic N) is 2. The summed E-state index contributed by atoms with van der Waals surface area (Å²) in [6, 6.07) is 15.9. The number of carbonyl (C=O) groups excluding carboxylic acids is 2. The van der Waals surface area contributed by atoms with Crippen molar-refractivity contribution in [1.82, 2.24) is 10.9 Å². The van der Waals surface area contributed by atoms with Gasteiger partial charge < -0.3 is 0 Å². The van der Waals surface area contributed by atoms with Crippen LogP contribution in [0.4, 0.5) is 0 Å². The molecule has 0 aliphatic heterocycles. The molecule has 0 heterocycles. The fraction of sp³-hybridized carbons (Fsp3) is 0. The van der Waals surface area contributed by atoms with Crippen LogP contribution >= 0.6 is 46.4 Å². The molecule has 6 nitrogen and oxygen atoms in total. The second-order valence-electron chi connectivity index (χ2n) is 6.31. The smallest absolute Gasteiger partial charge is 0.267 e. The lowest BCUT2D eigenvalue weighted by Crippen LogP contribution is -2.20. The third-order valence-electron chi connectivity index (χ3n) is 4.05. The molecule has 0 bridgehead atoms. The van der Waals surface area contributed by atoms with Gasteiger partial charge in [-0.05, 0) is 42.5 Å². The summed E-state index contributed by atoms with van der Waals surface area (Å²) >= 11 is 23.8. The molecule has 162 valence electrons. The maximum absolute atomic E-state index is 12.3. The summed E-state index contributed by atoms with van der Waals surface area (Å²) in [5, 5.41) is 9.55. The van der Waals surface area contributed by atoms with E-state index in [0.29, 0.717) is 31.2 Å². The van der Waals surface area contributed by atoms with Crippen LogP contribution in [0.2, 0.25) is 20.1 Å². The second kappa shape index (κ2) is 11.1. The van der Waals surface area contributed by atoms with Crippen LogP contribution in [-0.2, 0) is 0 Å². The van der Waals surface area contributed by atoms with E-state index in [1.165, 1.54) is 18.5 Å². The average molecular weight is 508 g/mol. The van der Waals surface area contributed by atoms with Crippen LogP contribution in [0.5, 0.6) is 0 Å². The summed E-state index contributed by atoms with van der Waals surface area (Å²) in [4.78, 5) is 24.7. The molecular formula is C22H14Cl4N4O2. The first kappa shape index (κ1) is 23.8. The molecule has 3 aromatic rings. The molecule has 2 N–H and O–H groups in total. The molecule has 0 saturated carbocycles. The summed E-state index contributed by atoms with van der Waals surface area (Å²) in [5.41, 5.74) is 6.41. The molecule has 32 heavy (non-hydrogen) atoms. The highest BCUT2D eigenvalue weighted by molar-refractivity contribution is 6.36. The van der Waals surface area contributed by atoms with Crippen molar-refractivity contribution in [1.29, 1.82) is 0 Å². The zero-order chi connectivity index (χ0) is 23.1. The quantitative estimate of drug-likeness (QED) is 0.325. The van der Waals surface area contributed by atoms with Gasteiger partial charge in [0.2, 0.25) is 0 Å². The maximum Gasteiger partial charge on any atom is 0.271 e. The van der Waals surface area contributed by atoms with Crippen molar-refractivity contribution in [2.75, 3.05) is 0 Å². The molecule has 0 aromatic heterocycles. The van der Waals surface area contributed by atoms with Gasteiger partial charge in [-0.3, -0.25) is 9.59 Å². The van der Waals surface area contributed by atoms with Crippen molar-refractivity contribution < 1.29 is 9.59 Å². The third kappa shape index (κ3) is 6.55. The Bertz CT molecular complexity index is 1140. The van der Waals surface area contributed by atoms with E-state index in [1.54, 1.807) is 54.6 Å². The molecule has 0 aliphatic carbocycles. The lowest BCUT2D eigenvalue weighted by molar-refractivity contribution is 0.0954. The lowest BCUT2D eigenvalue weighted by atomic mass is 10.1. The van der Waals surface area contributed by atoms with Crippen LogP contribution in [0.15, 0.2) is 70.9 Å². The Hall–Kier alpha value is -2.90. The van der Waals surface area contributed by atoms with Crippen molar-refractivity contribution in [3.05, 3.63) is 103 Å². The van der Waals surface area contributed by atoms with Crippen LogP contribution in [0.25, 0.3) is 0 Å². The summed E-state index contributed by atoms with van der Waals surface area (Å²) in [6.45, 7) is 0. The number of benzene rings is 3. The van der Waals surface area contributed by atoms with E-state index in [1.807, 2.05) is 0 Å². The Morgan fingerprint density at radius 2 is 1.09 bits per heavy atom. The highest BCUT2D eigenvalue weighted by atomic mass is 35.5. The summed E-state index contributed by atoms with van der Waals surface area (Å²) in [7, 11) is 0. The number of amides is 2. The predicted octanol–water partition coefficient (Wildman–Crippen LogP) is 5.83. The number of hydrogen-bond donors (Lipinski definition) is 2. The minimum atomic E-state index is -0.502. The Morgan fingerprint density at radius 3 is 1.50 bits per heavy atom. The minimum Gasteiger partial charge on any atom is -0.267 e. The number of nitrogens with one attached hydrogen (secondary N) is 2. The van der Waals surface area contributed by atoms with Crippen molar-refractivity contribution >= 4 is 70.6 Å². The maximum atomic E-state index is 12.3. The SMILES string of the molecule is O=C(N/N=C/c1ccc(Cl)cc1Cl)c1cccc(C(=O)N/N=C/c2ccc(Cl)cc2Cl)c1. The molecule has 3 rings (SSSR count). The van der Waals surface area contributed by atoms with Gasteiger partial charge >= 0.3 is 0 Å². The molecule has 3 aromatic carbocycles.